The summed E-state index contributed by atoms with van der Waals surface area (Å²) in [5.74, 6) is -1.84. The number of hydrogen-bond donors (Lipinski definition) is 1. The van der Waals surface area contributed by atoms with Gasteiger partial charge in [0.25, 0.3) is 0 Å². The molecule has 1 unspecified atom stereocenters. The molecule has 3 nitrogen and oxygen atoms in total. The molecule has 1 atom stereocenters. The number of aromatic nitrogens is 1. The molecule has 1 heterocycles. The number of hydrogen-bond acceptors (Lipinski definition) is 3. The van der Waals surface area contributed by atoms with E-state index in [0.29, 0.717) is 10.2 Å². The van der Waals surface area contributed by atoms with Crippen molar-refractivity contribution in [1.82, 2.24) is 10.3 Å². The fraction of sp³-hybridized carbons (Fsp3) is 0.214. The van der Waals surface area contributed by atoms with E-state index in [4.69, 9.17) is 4.74 Å². The molecule has 0 aliphatic carbocycles. The van der Waals surface area contributed by atoms with Crippen LogP contribution in [0.4, 0.5) is 8.78 Å². The van der Waals surface area contributed by atoms with Crippen LogP contribution in [0, 0.1) is 11.6 Å². The van der Waals surface area contributed by atoms with Gasteiger partial charge in [0.15, 0.2) is 11.6 Å². The minimum atomic E-state index is -1.03. The fourth-order valence-corrected chi connectivity index (χ4v) is 2.00. The third-order valence-corrected chi connectivity index (χ3v) is 3.28. The van der Waals surface area contributed by atoms with Gasteiger partial charge in [0.1, 0.15) is 5.75 Å². The van der Waals surface area contributed by atoms with Gasteiger partial charge >= 0.3 is 0 Å². The quantitative estimate of drug-likeness (QED) is 0.845. The Hall–Kier alpha value is -1.53. The lowest BCUT2D eigenvalue weighted by Crippen LogP contribution is -2.13. The van der Waals surface area contributed by atoms with Crippen LogP contribution in [0.3, 0.4) is 0 Å². The van der Waals surface area contributed by atoms with Crippen molar-refractivity contribution in [2.45, 2.75) is 13.0 Å². The molecule has 0 aliphatic rings. The summed E-state index contributed by atoms with van der Waals surface area (Å²) in [7, 11) is 1.83. The third-order valence-electron chi connectivity index (χ3n) is 2.82. The summed E-state index contributed by atoms with van der Waals surface area (Å²) in [5, 5.41) is 3.06. The monoisotopic (exact) mass is 342 g/mol. The highest BCUT2D eigenvalue weighted by atomic mass is 79.9. The summed E-state index contributed by atoms with van der Waals surface area (Å²) in [6, 6.07) is 5.93. The average molecular weight is 343 g/mol. The van der Waals surface area contributed by atoms with Gasteiger partial charge in [-0.1, -0.05) is 15.9 Å². The summed E-state index contributed by atoms with van der Waals surface area (Å²) in [6.45, 7) is 1.96. The fourth-order valence-electron chi connectivity index (χ4n) is 1.59. The molecular formula is C14H13BrF2N2O. The Balaban J connectivity index is 2.22. The minimum absolute atomic E-state index is 0.101. The van der Waals surface area contributed by atoms with E-state index in [1.54, 1.807) is 12.1 Å². The molecule has 0 saturated heterocycles. The first-order valence-electron chi connectivity index (χ1n) is 5.97. The van der Waals surface area contributed by atoms with Crippen LogP contribution in [0.5, 0.6) is 11.5 Å². The van der Waals surface area contributed by atoms with E-state index in [-0.39, 0.29) is 11.8 Å². The van der Waals surface area contributed by atoms with Crippen molar-refractivity contribution < 1.29 is 13.5 Å². The van der Waals surface area contributed by atoms with Gasteiger partial charge < -0.3 is 10.1 Å². The van der Waals surface area contributed by atoms with Crippen LogP contribution in [0.25, 0.3) is 0 Å². The van der Waals surface area contributed by atoms with Crippen LogP contribution in [-0.2, 0) is 0 Å². The maximum atomic E-state index is 13.6. The van der Waals surface area contributed by atoms with Gasteiger partial charge in [0.05, 0.1) is 11.9 Å². The van der Waals surface area contributed by atoms with E-state index in [0.717, 1.165) is 11.8 Å². The summed E-state index contributed by atoms with van der Waals surface area (Å²) in [5.41, 5.74) is 0.834. The number of nitrogens with zero attached hydrogens (tertiary/aromatic N) is 1. The lowest BCUT2D eigenvalue weighted by Gasteiger charge is -2.11. The van der Waals surface area contributed by atoms with Crippen molar-refractivity contribution in [3.8, 4) is 11.5 Å². The van der Waals surface area contributed by atoms with E-state index in [1.165, 1.54) is 12.3 Å². The van der Waals surface area contributed by atoms with Crippen LogP contribution in [0.2, 0.25) is 0 Å². The third kappa shape index (κ3) is 3.32. The van der Waals surface area contributed by atoms with Crippen LogP contribution < -0.4 is 10.1 Å². The smallest absolute Gasteiger partial charge is 0.201 e. The van der Waals surface area contributed by atoms with Gasteiger partial charge in [0, 0.05) is 10.5 Å². The van der Waals surface area contributed by atoms with E-state index in [9.17, 15) is 8.78 Å². The van der Waals surface area contributed by atoms with E-state index >= 15 is 0 Å². The van der Waals surface area contributed by atoms with Crippen molar-refractivity contribution in [2.24, 2.45) is 0 Å². The molecule has 6 heteroatoms. The van der Waals surface area contributed by atoms with Crippen LogP contribution >= 0.6 is 15.9 Å². The normalized spacial score (nSPS) is 12.2. The molecule has 0 fully saturated rings. The van der Waals surface area contributed by atoms with E-state index in [2.05, 4.69) is 26.2 Å². The topological polar surface area (TPSA) is 34.1 Å². The van der Waals surface area contributed by atoms with E-state index in [1.807, 2.05) is 14.0 Å². The molecule has 106 valence electrons. The molecule has 1 aromatic heterocycles. The molecule has 0 aliphatic heterocycles. The molecule has 0 radical (unpaired) electrons. The number of ether oxygens (including phenoxy) is 1. The molecule has 20 heavy (non-hydrogen) atoms. The van der Waals surface area contributed by atoms with Crippen molar-refractivity contribution in [3.63, 3.8) is 0 Å². The Morgan fingerprint density at radius 1 is 1.30 bits per heavy atom. The zero-order valence-electron chi connectivity index (χ0n) is 11.0. The van der Waals surface area contributed by atoms with Gasteiger partial charge in [0.2, 0.25) is 5.82 Å². The Kier molecular flexibility index (Phi) is 4.67. The molecule has 2 aromatic rings. The number of nitrogens with one attached hydrogen (secondary N) is 1. The first-order valence-corrected chi connectivity index (χ1v) is 6.76. The molecule has 1 aromatic carbocycles. The van der Waals surface area contributed by atoms with Crippen molar-refractivity contribution in [1.29, 1.82) is 0 Å². The number of benzene rings is 1. The second-order valence-electron chi connectivity index (χ2n) is 4.23. The predicted molar refractivity (Wildman–Crippen MR) is 75.8 cm³/mol. The standard InChI is InChI=1S/C14H13BrF2N2O/c1-8(18-2)12-4-3-10(7-19-12)20-13-6-9(15)5-11(16)14(13)17/h3-8,18H,1-2H3. The highest BCUT2D eigenvalue weighted by molar-refractivity contribution is 9.10. The van der Waals surface area contributed by atoms with Gasteiger partial charge in [-0.05, 0) is 38.2 Å². The first-order chi connectivity index (χ1) is 9.51. The number of halogens is 3. The Morgan fingerprint density at radius 2 is 2.05 bits per heavy atom. The zero-order valence-corrected chi connectivity index (χ0v) is 12.5. The van der Waals surface area contributed by atoms with Crippen molar-refractivity contribution >= 4 is 15.9 Å². The molecule has 1 N–H and O–H groups in total. The summed E-state index contributed by atoms with van der Waals surface area (Å²) >= 11 is 3.09. The maximum Gasteiger partial charge on any atom is 0.201 e. The molecule has 0 bridgehead atoms. The van der Waals surface area contributed by atoms with E-state index < -0.39 is 11.6 Å². The predicted octanol–water partition coefficient (Wildman–Crippen LogP) is 4.20. The second kappa shape index (κ2) is 6.28. The summed E-state index contributed by atoms with van der Waals surface area (Å²) < 4.78 is 32.5. The summed E-state index contributed by atoms with van der Waals surface area (Å²) in [4.78, 5) is 4.20. The number of pyridine rings is 1. The molecule has 0 saturated carbocycles. The Labute approximate surface area is 124 Å². The second-order valence-corrected chi connectivity index (χ2v) is 5.15. The largest absolute Gasteiger partial charge is 0.453 e. The van der Waals surface area contributed by atoms with Gasteiger partial charge in [-0.25, -0.2) is 4.39 Å². The van der Waals surface area contributed by atoms with Crippen LogP contribution in [0.1, 0.15) is 18.7 Å². The van der Waals surface area contributed by atoms with Gasteiger partial charge in [-0.15, -0.1) is 0 Å². The van der Waals surface area contributed by atoms with Crippen molar-refractivity contribution in [2.75, 3.05) is 7.05 Å². The molecule has 0 amide bonds. The lowest BCUT2D eigenvalue weighted by atomic mass is 10.2. The van der Waals surface area contributed by atoms with Gasteiger partial charge in [-0.2, -0.15) is 4.39 Å². The highest BCUT2D eigenvalue weighted by Gasteiger charge is 2.12. The molecular weight excluding hydrogens is 330 g/mol. The number of rotatable bonds is 4. The zero-order chi connectivity index (χ0) is 14.7. The van der Waals surface area contributed by atoms with Crippen LogP contribution in [0.15, 0.2) is 34.9 Å². The lowest BCUT2D eigenvalue weighted by molar-refractivity contribution is 0.414. The summed E-state index contributed by atoms with van der Waals surface area (Å²) in [6.07, 6.45) is 1.47. The molecule has 0 spiro atoms. The minimum Gasteiger partial charge on any atom is -0.453 e. The van der Waals surface area contributed by atoms with Crippen LogP contribution in [-0.4, -0.2) is 12.0 Å². The Bertz CT molecular complexity index is 605. The van der Waals surface area contributed by atoms with Gasteiger partial charge in [-0.3, -0.25) is 4.98 Å². The Morgan fingerprint density at radius 3 is 2.65 bits per heavy atom. The first kappa shape index (κ1) is 14.9. The molecule has 2 rings (SSSR count). The SMILES string of the molecule is CNC(C)c1ccc(Oc2cc(Br)cc(F)c2F)cn1. The van der Waals surface area contributed by atoms with Crippen molar-refractivity contribution in [3.05, 3.63) is 52.3 Å². The maximum absolute atomic E-state index is 13.6. The average Bonchev–Trinajstić information content (AvgIpc) is 2.44. The highest BCUT2D eigenvalue weighted by Crippen LogP contribution is 2.29.